The Balaban J connectivity index is 2.57. The molecule has 1 aliphatic carbocycles. The lowest BCUT2D eigenvalue weighted by molar-refractivity contribution is 0.105. The van der Waals surface area contributed by atoms with E-state index in [1.165, 1.54) is 19.3 Å². The van der Waals surface area contributed by atoms with E-state index in [9.17, 15) is 0 Å². The molecule has 1 atom stereocenters. The molecule has 1 N–H and O–H groups in total. The van der Waals surface area contributed by atoms with Crippen molar-refractivity contribution in [3.8, 4) is 0 Å². The minimum atomic E-state index is 0.387. The molecule has 0 spiro atoms. The van der Waals surface area contributed by atoms with Crippen LogP contribution >= 0.6 is 0 Å². The predicted octanol–water partition coefficient (Wildman–Crippen LogP) is 2.42. The van der Waals surface area contributed by atoms with Gasteiger partial charge in [-0.2, -0.15) is 0 Å². The van der Waals surface area contributed by atoms with Gasteiger partial charge in [0.05, 0.1) is 0 Å². The van der Waals surface area contributed by atoms with Gasteiger partial charge in [-0.25, -0.2) is 0 Å². The fraction of sp³-hybridized carbons (Fsp3) is 1.00. The molecule has 0 bridgehead atoms. The average molecular weight is 155 g/mol. The molecule has 0 aromatic carbocycles. The van der Waals surface area contributed by atoms with E-state index in [0.717, 1.165) is 11.8 Å². The first-order chi connectivity index (χ1) is 5.11. The van der Waals surface area contributed by atoms with E-state index in [4.69, 9.17) is 0 Å². The first kappa shape index (κ1) is 9.05. The van der Waals surface area contributed by atoms with Gasteiger partial charge in [0.2, 0.25) is 0 Å². The van der Waals surface area contributed by atoms with Crippen molar-refractivity contribution in [2.24, 2.45) is 11.8 Å². The maximum absolute atomic E-state index is 3.48. The molecule has 1 aliphatic rings. The standard InChI is InChI=1S/C10H21N/c1-8(2)10(3,11-4)9-6-5-7-9/h8-9,11H,5-7H2,1-4H3. The van der Waals surface area contributed by atoms with E-state index in [0.29, 0.717) is 5.54 Å². The number of rotatable bonds is 3. The monoisotopic (exact) mass is 155 g/mol. The van der Waals surface area contributed by atoms with Crippen molar-refractivity contribution in [3.63, 3.8) is 0 Å². The van der Waals surface area contributed by atoms with Crippen molar-refractivity contribution in [2.45, 2.75) is 45.6 Å². The summed E-state index contributed by atoms with van der Waals surface area (Å²) in [5.41, 5.74) is 0.387. The Kier molecular flexibility index (Phi) is 2.58. The quantitative estimate of drug-likeness (QED) is 0.660. The summed E-state index contributed by atoms with van der Waals surface area (Å²) in [5.74, 6) is 1.67. The molecule has 0 amide bonds. The molecule has 1 fully saturated rings. The molecule has 1 rings (SSSR count). The van der Waals surface area contributed by atoms with Crippen LogP contribution < -0.4 is 5.32 Å². The first-order valence-corrected chi connectivity index (χ1v) is 4.80. The van der Waals surface area contributed by atoms with E-state index in [-0.39, 0.29) is 0 Å². The maximum Gasteiger partial charge on any atom is 0.0201 e. The summed E-state index contributed by atoms with van der Waals surface area (Å²) in [4.78, 5) is 0. The third-order valence-corrected chi connectivity index (χ3v) is 3.69. The molecular weight excluding hydrogens is 134 g/mol. The average Bonchev–Trinajstić information content (AvgIpc) is 1.83. The van der Waals surface area contributed by atoms with Crippen molar-refractivity contribution in [1.29, 1.82) is 0 Å². The lowest BCUT2D eigenvalue weighted by atomic mass is 9.67. The maximum atomic E-state index is 3.48. The highest BCUT2D eigenvalue weighted by Gasteiger charge is 2.38. The van der Waals surface area contributed by atoms with Crippen LogP contribution in [-0.4, -0.2) is 12.6 Å². The van der Waals surface area contributed by atoms with Crippen LogP contribution in [0.1, 0.15) is 40.0 Å². The zero-order chi connectivity index (χ0) is 8.48. The van der Waals surface area contributed by atoms with E-state index in [2.05, 4.69) is 33.1 Å². The summed E-state index contributed by atoms with van der Waals surface area (Å²) in [6.45, 7) is 6.99. The first-order valence-electron chi connectivity index (χ1n) is 4.80. The van der Waals surface area contributed by atoms with E-state index in [1.807, 2.05) is 0 Å². The molecule has 0 heterocycles. The second kappa shape index (κ2) is 3.14. The van der Waals surface area contributed by atoms with Crippen molar-refractivity contribution < 1.29 is 0 Å². The van der Waals surface area contributed by atoms with Crippen LogP contribution in [0.25, 0.3) is 0 Å². The molecule has 1 heteroatoms. The Labute approximate surface area is 70.6 Å². The second-order valence-electron chi connectivity index (χ2n) is 4.32. The van der Waals surface area contributed by atoms with E-state index < -0.39 is 0 Å². The Hall–Kier alpha value is -0.0400. The van der Waals surface area contributed by atoms with Crippen LogP contribution in [0.5, 0.6) is 0 Å². The molecule has 0 aliphatic heterocycles. The lowest BCUT2D eigenvalue weighted by Crippen LogP contribution is -2.53. The van der Waals surface area contributed by atoms with Gasteiger partial charge in [-0.05, 0) is 38.6 Å². The summed E-state index contributed by atoms with van der Waals surface area (Å²) in [5, 5.41) is 3.48. The van der Waals surface area contributed by atoms with Crippen LogP contribution in [0, 0.1) is 11.8 Å². The van der Waals surface area contributed by atoms with Gasteiger partial charge in [-0.15, -0.1) is 0 Å². The van der Waals surface area contributed by atoms with Gasteiger partial charge in [0.15, 0.2) is 0 Å². The molecule has 1 unspecified atom stereocenters. The van der Waals surface area contributed by atoms with E-state index >= 15 is 0 Å². The molecular formula is C10H21N. The van der Waals surface area contributed by atoms with Crippen LogP contribution in [-0.2, 0) is 0 Å². The highest BCUT2D eigenvalue weighted by Crippen LogP contribution is 2.39. The summed E-state index contributed by atoms with van der Waals surface area (Å²) in [6, 6.07) is 0. The third kappa shape index (κ3) is 1.44. The van der Waals surface area contributed by atoms with Gasteiger partial charge in [-0.1, -0.05) is 20.3 Å². The zero-order valence-electron chi connectivity index (χ0n) is 8.28. The second-order valence-corrected chi connectivity index (χ2v) is 4.32. The molecule has 1 nitrogen and oxygen atoms in total. The van der Waals surface area contributed by atoms with Gasteiger partial charge < -0.3 is 5.32 Å². The van der Waals surface area contributed by atoms with Crippen molar-refractivity contribution in [2.75, 3.05) is 7.05 Å². The minimum Gasteiger partial charge on any atom is -0.314 e. The Bertz CT molecular complexity index is 127. The highest BCUT2D eigenvalue weighted by molar-refractivity contribution is 4.95. The molecule has 0 aromatic rings. The fourth-order valence-corrected chi connectivity index (χ4v) is 1.97. The summed E-state index contributed by atoms with van der Waals surface area (Å²) >= 11 is 0. The van der Waals surface area contributed by atoms with Gasteiger partial charge in [0, 0.05) is 5.54 Å². The number of hydrogen-bond acceptors (Lipinski definition) is 1. The molecule has 66 valence electrons. The van der Waals surface area contributed by atoms with Gasteiger partial charge in [0.1, 0.15) is 0 Å². The van der Waals surface area contributed by atoms with Crippen molar-refractivity contribution in [3.05, 3.63) is 0 Å². The van der Waals surface area contributed by atoms with Gasteiger partial charge >= 0.3 is 0 Å². The zero-order valence-corrected chi connectivity index (χ0v) is 8.28. The van der Waals surface area contributed by atoms with Crippen LogP contribution in [0.4, 0.5) is 0 Å². The summed E-state index contributed by atoms with van der Waals surface area (Å²) in [6.07, 6.45) is 4.29. The molecule has 0 radical (unpaired) electrons. The molecule has 0 saturated heterocycles. The number of hydrogen-bond donors (Lipinski definition) is 1. The van der Waals surface area contributed by atoms with Crippen LogP contribution in [0.2, 0.25) is 0 Å². The fourth-order valence-electron chi connectivity index (χ4n) is 1.97. The van der Waals surface area contributed by atoms with Gasteiger partial charge in [-0.3, -0.25) is 0 Å². The van der Waals surface area contributed by atoms with Gasteiger partial charge in [0.25, 0.3) is 0 Å². The van der Waals surface area contributed by atoms with Crippen molar-refractivity contribution in [1.82, 2.24) is 5.32 Å². The Morgan fingerprint density at radius 2 is 1.91 bits per heavy atom. The van der Waals surface area contributed by atoms with Crippen molar-refractivity contribution >= 4 is 0 Å². The smallest absolute Gasteiger partial charge is 0.0201 e. The number of nitrogens with one attached hydrogen (secondary N) is 1. The van der Waals surface area contributed by atoms with Crippen LogP contribution in [0.3, 0.4) is 0 Å². The minimum absolute atomic E-state index is 0.387. The SMILES string of the molecule is CNC(C)(C(C)C)C1CCC1. The summed E-state index contributed by atoms with van der Waals surface area (Å²) in [7, 11) is 2.10. The summed E-state index contributed by atoms with van der Waals surface area (Å²) < 4.78 is 0. The molecule has 0 aromatic heterocycles. The molecule has 11 heavy (non-hydrogen) atoms. The topological polar surface area (TPSA) is 12.0 Å². The highest BCUT2D eigenvalue weighted by atomic mass is 15.0. The lowest BCUT2D eigenvalue weighted by Gasteiger charge is -2.46. The largest absolute Gasteiger partial charge is 0.314 e. The Morgan fingerprint density at radius 3 is 2.00 bits per heavy atom. The normalized spacial score (nSPS) is 24.8. The predicted molar refractivity (Wildman–Crippen MR) is 49.6 cm³/mol. The molecule has 1 saturated carbocycles. The van der Waals surface area contributed by atoms with E-state index in [1.54, 1.807) is 0 Å². The third-order valence-electron chi connectivity index (χ3n) is 3.69. The van der Waals surface area contributed by atoms with Crippen LogP contribution in [0.15, 0.2) is 0 Å². The Morgan fingerprint density at radius 1 is 1.36 bits per heavy atom.